The Balaban J connectivity index is 2.34. The van der Waals surface area contributed by atoms with E-state index in [0.717, 1.165) is 0 Å². The third-order valence-corrected chi connectivity index (χ3v) is 3.13. The summed E-state index contributed by atoms with van der Waals surface area (Å²) in [5.74, 6) is 0.496. The number of hydrogen-bond acceptors (Lipinski definition) is 4. The average molecular weight is 268 g/mol. The lowest BCUT2D eigenvalue weighted by Gasteiger charge is -2.22. The van der Waals surface area contributed by atoms with Crippen LogP contribution in [0.15, 0.2) is 22.8 Å². The highest BCUT2D eigenvalue weighted by atomic mass is 16.4. The van der Waals surface area contributed by atoms with Crippen LogP contribution in [0.3, 0.4) is 0 Å². The molecule has 1 rings (SSSR count). The van der Waals surface area contributed by atoms with E-state index in [-0.39, 0.29) is 11.9 Å². The molecule has 1 heterocycles. The fraction of sp³-hybridized carbons (Fsp3) is 0.643. The summed E-state index contributed by atoms with van der Waals surface area (Å²) in [6, 6.07) is 3.69. The quantitative estimate of drug-likeness (QED) is 0.787. The van der Waals surface area contributed by atoms with Crippen LogP contribution in [0.1, 0.15) is 39.1 Å². The van der Waals surface area contributed by atoms with Crippen molar-refractivity contribution >= 4 is 5.91 Å². The lowest BCUT2D eigenvalue weighted by atomic mass is 10.1. The third-order valence-electron chi connectivity index (χ3n) is 3.13. The van der Waals surface area contributed by atoms with Crippen molar-refractivity contribution < 1.29 is 14.3 Å². The molecule has 2 N–H and O–H groups in total. The van der Waals surface area contributed by atoms with Gasteiger partial charge < -0.3 is 14.8 Å². The molecule has 108 valence electrons. The first-order valence-electron chi connectivity index (χ1n) is 6.61. The van der Waals surface area contributed by atoms with E-state index in [0.29, 0.717) is 24.8 Å². The van der Waals surface area contributed by atoms with Gasteiger partial charge in [-0.1, -0.05) is 0 Å². The van der Waals surface area contributed by atoms with Crippen LogP contribution in [0, 0.1) is 0 Å². The summed E-state index contributed by atoms with van der Waals surface area (Å²) in [6.07, 6.45) is 1.28. The monoisotopic (exact) mass is 268 g/mol. The Kier molecular flexibility index (Phi) is 6.05. The fourth-order valence-electron chi connectivity index (χ4n) is 1.72. The summed E-state index contributed by atoms with van der Waals surface area (Å²) in [7, 11) is 1.91. The van der Waals surface area contributed by atoms with Crippen LogP contribution in [-0.4, -0.2) is 41.6 Å². The minimum Gasteiger partial charge on any atom is -0.467 e. The number of nitrogens with zero attached hydrogens (tertiary/aromatic N) is 1. The van der Waals surface area contributed by atoms with Crippen LogP contribution in [-0.2, 0) is 4.79 Å². The molecule has 5 heteroatoms. The summed E-state index contributed by atoms with van der Waals surface area (Å²) >= 11 is 0. The largest absolute Gasteiger partial charge is 0.467 e. The first-order chi connectivity index (χ1) is 8.90. The van der Waals surface area contributed by atoms with E-state index in [9.17, 15) is 9.90 Å². The smallest absolute Gasteiger partial charge is 0.234 e. The third kappa shape index (κ3) is 5.44. The van der Waals surface area contributed by atoms with E-state index in [4.69, 9.17) is 4.42 Å². The van der Waals surface area contributed by atoms with Crippen LogP contribution >= 0.6 is 0 Å². The summed E-state index contributed by atoms with van der Waals surface area (Å²) in [5, 5.41) is 12.8. The van der Waals surface area contributed by atoms with E-state index in [2.05, 4.69) is 5.32 Å². The van der Waals surface area contributed by atoms with Crippen molar-refractivity contribution in [3.63, 3.8) is 0 Å². The molecule has 0 aliphatic heterocycles. The average Bonchev–Trinajstić information content (AvgIpc) is 2.81. The van der Waals surface area contributed by atoms with E-state index in [1.807, 2.05) is 32.7 Å². The molecule has 1 aromatic heterocycles. The SMILES string of the molecule is CC(CC(O)c1ccco1)NC(=O)CN(C)C(C)C. The molecule has 0 saturated carbocycles. The summed E-state index contributed by atoms with van der Waals surface area (Å²) in [5.41, 5.74) is 0. The van der Waals surface area contributed by atoms with Gasteiger partial charge in [-0.2, -0.15) is 0 Å². The van der Waals surface area contributed by atoms with Gasteiger partial charge in [0.15, 0.2) is 0 Å². The number of rotatable bonds is 7. The maximum absolute atomic E-state index is 11.8. The highest BCUT2D eigenvalue weighted by Crippen LogP contribution is 2.18. The van der Waals surface area contributed by atoms with Gasteiger partial charge in [-0.3, -0.25) is 9.69 Å². The van der Waals surface area contributed by atoms with Gasteiger partial charge in [0, 0.05) is 18.5 Å². The van der Waals surface area contributed by atoms with E-state index in [1.54, 1.807) is 12.1 Å². The Hall–Kier alpha value is -1.33. The Morgan fingerprint density at radius 1 is 1.47 bits per heavy atom. The van der Waals surface area contributed by atoms with Gasteiger partial charge in [-0.05, 0) is 40.0 Å². The molecular formula is C14H24N2O3. The molecule has 2 unspecified atom stereocenters. The summed E-state index contributed by atoms with van der Waals surface area (Å²) < 4.78 is 5.13. The van der Waals surface area contributed by atoms with Crippen LogP contribution < -0.4 is 5.32 Å². The Bertz CT molecular complexity index is 376. The lowest BCUT2D eigenvalue weighted by Crippen LogP contribution is -2.42. The number of aliphatic hydroxyl groups is 1. The maximum Gasteiger partial charge on any atom is 0.234 e. The lowest BCUT2D eigenvalue weighted by molar-refractivity contribution is -0.123. The topological polar surface area (TPSA) is 65.7 Å². The number of furan rings is 1. The molecular weight excluding hydrogens is 244 g/mol. The Labute approximate surface area is 114 Å². The van der Waals surface area contributed by atoms with Crippen molar-refractivity contribution in [1.82, 2.24) is 10.2 Å². The molecule has 0 fully saturated rings. The van der Waals surface area contributed by atoms with Crippen molar-refractivity contribution in [2.75, 3.05) is 13.6 Å². The van der Waals surface area contributed by atoms with Crippen molar-refractivity contribution in [3.8, 4) is 0 Å². The molecule has 0 radical (unpaired) electrons. The Morgan fingerprint density at radius 3 is 2.68 bits per heavy atom. The first kappa shape index (κ1) is 15.7. The standard InChI is InChI=1S/C14H24N2O3/c1-10(2)16(4)9-14(18)15-11(3)8-12(17)13-6-5-7-19-13/h5-7,10-12,17H,8-9H2,1-4H3,(H,15,18). The molecule has 19 heavy (non-hydrogen) atoms. The maximum atomic E-state index is 11.8. The van der Waals surface area contributed by atoms with Gasteiger partial charge in [0.1, 0.15) is 11.9 Å². The number of amides is 1. The van der Waals surface area contributed by atoms with E-state index in [1.165, 1.54) is 6.26 Å². The summed E-state index contributed by atoms with van der Waals surface area (Å²) in [6.45, 7) is 6.31. The zero-order chi connectivity index (χ0) is 14.4. The molecule has 0 spiro atoms. The first-order valence-corrected chi connectivity index (χ1v) is 6.61. The second-order valence-electron chi connectivity index (χ2n) is 5.24. The van der Waals surface area contributed by atoms with Crippen LogP contribution in [0.2, 0.25) is 0 Å². The van der Waals surface area contributed by atoms with Gasteiger partial charge in [0.2, 0.25) is 5.91 Å². The molecule has 2 atom stereocenters. The van der Waals surface area contributed by atoms with E-state index < -0.39 is 6.10 Å². The molecule has 0 aliphatic rings. The molecule has 0 bridgehead atoms. The molecule has 1 amide bonds. The minimum absolute atomic E-state index is 0.0321. The van der Waals surface area contributed by atoms with Crippen LogP contribution in [0.5, 0.6) is 0 Å². The van der Waals surface area contributed by atoms with Crippen molar-refractivity contribution in [2.45, 2.75) is 45.4 Å². The number of nitrogens with one attached hydrogen (secondary N) is 1. The van der Waals surface area contributed by atoms with Gasteiger partial charge in [-0.15, -0.1) is 0 Å². The second kappa shape index (κ2) is 7.31. The van der Waals surface area contributed by atoms with Crippen LogP contribution in [0.25, 0.3) is 0 Å². The minimum atomic E-state index is -0.687. The number of hydrogen-bond donors (Lipinski definition) is 2. The van der Waals surface area contributed by atoms with Crippen LogP contribution in [0.4, 0.5) is 0 Å². The molecule has 0 aliphatic carbocycles. The zero-order valence-electron chi connectivity index (χ0n) is 12.1. The number of likely N-dealkylation sites (N-methyl/N-ethyl adjacent to an activating group) is 1. The summed E-state index contributed by atoms with van der Waals surface area (Å²) in [4.78, 5) is 13.7. The van der Waals surface area contributed by atoms with E-state index >= 15 is 0 Å². The van der Waals surface area contributed by atoms with Crippen molar-refractivity contribution in [2.24, 2.45) is 0 Å². The molecule has 1 aromatic rings. The zero-order valence-corrected chi connectivity index (χ0v) is 12.1. The predicted molar refractivity (Wildman–Crippen MR) is 73.7 cm³/mol. The highest BCUT2D eigenvalue weighted by Gasteiger charge is 2.17. The van der Waals surface area contributed by atoms with Gasteiger partial charge >= 0.3 is 0 Å². The van der Waals surface area contributed by atoms with Gasteiger partial charge in [-0.25, -0.2) is 0 Å². The van der Waals surface area contributed by atoms with Gasteiger partial charge in [0.25, 0.3) is 0 Å². The normalized spacial score (nSPS) is 14.7. The number of carbonyl (C=O) groups excluding carboxylic acids is 1. The highest BCUT2D eigenvalue weighted by molar-refractivity contribution is 5.78. The number of carbonyl (C=O) groups is 1. The second-order valence-corrected chi connectivity index (χ2v) is 5.24. The molecule has 0 saturated heterocycles. The fourth-order valence-corrected chi connectivity index (χ4v) is 1.72. The molecule has 0 aromatic carbocycles. The number of aliphatic hydroxyl groups excluding tert-OH is 1. The molecule has 5 nitrogen and oxygen atoms in total. The van der Waals surface area contributed by atoms with Gasteiger partial charge in [0.05, 0.1) is 12.8 Å². The van der Waals surface area contributed by atoms with Crippen molar-refractivity contribution in [1.29, 1.82) is 0 Å². The predicted octanol–water partition coefficient (Wildman–Crippen LogP) is 1.55. The Morgan fingerprint density at radius 2 is 2.16 bits per heavy atom. The van der Waals surface area contributed by atoms with Crippen molar-refractivity contribution in [3.05, 3.63) is 24.2 Å².